The van der Waals surface area contributed by atoms with Crippen LogP contribution in [0.5, 0.6) is 0 Å². The molecule has 3 nitrogen and oxygen atoms in total. The van der Waals surface area contributed by atoms with Crippen LogP contribution in [-0.2, 0) is 13.1 Å². The Kier molecular flexibility index (Phi) is 5.57. The summed E-state index contributed by atoms with van der Waals surface area (Å²) in [4.78, 5) is 11.2. The second kappa shape index (κ2) is 7.86. The summed E-state index contributed by atoms with van der Waals surface area (Å²) >= 11 is 2.04. The van der Waals surface area contributed by atoms with Gasteiger partial charge in [0.05, 0.1) is 0 Å². The molecule has 1 unspecified atom stereocenters. The van der Waals surface area contributed by atoms with Crippen molar-refractivity contribution in [1.82, 2.24) is 14.7 Å². The molecular weight excluding hydrogens is 314 g/mol. The third kappa shape index (κ3) is 4.04. The first-order valence-corrected chi connectivity index (χ1v) is 10.9. The maximum absolute atomic E-state index is 2.77. The molecule has 1 aromatic heterocycles. The summed E-state index contributed by atoms with van der Waals surface area (Å²) in [5.74, 6) is 0. The van der Waals surface area contributed by atoms with E-state index in [0.29, 0.717) is 0 Å². The minimum atomic E-state index is 0.809. The molecular formula is C20H33N3S. The highest BCUT2D eigenvalue weighted by Gasteiger charge is 2.34. The number of likely N-dealkylation sites (tertiary alicyclic amines) is 3. The van der Waals surface area contributed by atoms with Gasteiger partial charge in [-0.2, -0.15) is 0 Å². The fourth-order valence-electron chi connectivity index (χ4n) is 4.69. The first-order chi connectivity index (χ1) is 11.8. The van der Waals surface area contributed by atoms with Crippen molar-refractivity contribution in [2.24, 2.45) is 0 Å². The van der Waals surface area contributed by atoms with Crippen LogP contribution in [0.15, 0.2) is 12.1 Å². The van der Waals surface area contributed by atoms with Crippen LogP contribution in [0, 0.1) is 0 Å². The van der Waals surface area contributed by atoms with Crippen LogP contribution in [-0.4, -0.2) is 59.5 Å². The van der Waals surface area contributed by atoms with Crippen molar-refractivity contribution in [3.8, 4) is 0 Å². The van der Waals surface area contributed by atoms with Gasteiger partial charge >= 0.3 is 0 Å². The van der Waals surface area contributed by atoms with Crippen LogP contribution in [0.4, 0.5) is 0 Å². The standard InChI is InChI=1S/C20H33N3S/c1-17-7-3-6-12-23(17)18-13-22(14-18)16-20-9-8-19(24-20)15-21-10-4-2-5-11-21/h8-9,17-18H,2-7,10-16H2,1H3. The van der Waals surface area contributed by atoms with Crippen molar-refractivity contribution >= 4 is 11.3 Å². The normalized spacial score (nSPS) is 28.1. The summed E-state index contributed by atoms with van der Waals surface area (Å²) in [7, 11) is 0. The van der Waals surface area contributed by atoms with Crippen LogP contribution in [0.25, 0.3) is 0 Å². The molecule has 4 rings (SSSR count). The Balaban J connectivity index is 1.22. The molecule has 0 spiro atoms. The highest BCUT2D eigenvalue weighted by Crippen LogP contribution is 2.27. The van der Waals surface area contributed by atoms with E-state index in [2.05, 4.69) is 33.8 Å². The van der Waals surface area contributed by atoms with E-state index in [0.717, 1.165) is 12.1 Å². The first-order valence-electron chi connectivity index (χ1n) is 10.1. The van der Waals surface area contributed by atoms with Gasteiger partial charge in [0.1, 0.15) is 0 Å². The zero-order valence-electron chi connectivity index (χ0n) is 15.3. The SMILES string of the molecule is CC1CCCCN1C1CN(Cc2ccc(CN3CCCCC3)s2)C1. The quantitative estimate of drug-likeness (QED) is 0.802. The van der Waals surface area contributed by atoms with Gasteiger partial charge in [0, 0.05) is 48.0 Å². The van der Waals surface area contributed by atoms with E-state index in [1.165, 1.54) is 84.3 Å². The van der Waals surface area contributed by atoms with E-state index in [1.54, 1.807) is 9.75 Å². The summed E-state index contributed by atoms with van der Waals surface area (Å²) in [5, 5.41) is 0. The largest absolute Gasteiger partial charge is 0.298 e. The molecule has 4 heteroatoms. The zero-order valence-corrected chi connectivity index (χ0v) is 16.1. The molecule has 0 aromatic carbocycles. The second-order valence-electron chi connectivity index (χ2n) is 8.14. The maximum Gasteiger partial charge on any atom is 0.0353 e. The van der Waals surface area contributed by atoms with Crippen LogP contribution < -0.4 is 0 Å². The van der Waals surface area contributed by atoms with Gasteiger partial charge < -0.3 is 0 Å². The molecule has 1 aromatic rings. The smallest absolute Gasteiger partial charge is 0.0353 e. The van der Waals surface area contributed by atoms with Gasteiger partial charge in [0.25, 0.3) is 0 Å². The molecule has 134 valence electrons. The lowest BCUT2D eigenvalue weighted by Gasteiger charge is -2.49. The van der Waals surface area contributed by atoms with Gasteiger partial charge in [0.15, 0.2) is 0 Å². The highest BCUT2D eigenvalue weighted by atomic mass is 32.1. The van der Waals surface area contributed by atoms with E-state index >= 15 is 0 Å². The Morgan fingerprint density at radius 1 is 0.875 bits per heavy atom. The van der Waals surface area contributed by atoms with Crippen LogP contribution in [0.1, 0.15) is 55.2 Å². The molecule has 0 amide bonds. The molecule has 3 aliphatic heterocycles. The number of hydrogen-bond acceptors (Lipinski definition) is 4. The summed E-state index contributed by atoms with van der Waals surface area (Å²) in [6.45, 7) is 11.3. The van der Waals surface area contributed by atoms with E-state index in [-0.39, 0.29) is 0 Å². The fourth-order valence-corrected chi connectivity index (χ4v) is 5.80. The lowest BCUT2D eigenvalue weighted by molar-refractivity contribution is -0.00574. The molecule has 0 saturated carbocycles. The first kappa shape index (κ1) is 17.0. The number of rotatable bonds is 5. The molecule has 0 radical (unpaired) electrons. The molecule has 24 heavy (non-hydrogen) atoms. The molecule has 0 aliphatic carbocycles. The van der Waals surface area contributed by atoms with Crippen molar-refractivity contribution in [3.05, 3.63) is 21.9 Å². The van der Waals surface area contributed by atoms with Gasteiger partial charge in [0.2, 0.25) is 0 Å². The van der Waals surface area contributed by atoms with Crippen LogP contribution >= 0.6 is 11.3 Å². The van der Waals surface area contributed by atoms with Gasteiger partial charge in [-0.15, -0.1) is 11.3 Å². The number of nitrogens with zero attached hydrogens (tertiary/aromatic N) is 3. The Labute approximate surface area is 151 Å². The van der Waals surface area contributed by atoms with Gasteiger partial charge in [-0.25, -0.2) is 0 Å². The topological polar surface area (TPSA) is 9.72 Å². The molecule has 4 heterocycles. The lowest BCUT2D eigenvalue weighted by atomic mass is 9.97. The number of hydrogen-bond donors (Lipinski definition) is 0. The van der Waals surface area contributed by atoms with Crippen molar-refractivity contribution in [1.29, 1.82) is 0 Å². The van der Waals surface area contributed by atoms with E-state index < -0.39 is 0 Å². The van der Waals surface area contributed by atoms with E-state index in [1.807, 2.05) is 11.3 Å². The van der Waals surface area contributed by atoms with Crippen LogP contribution in [0.2, 0.25) is 0 Å². The molecule has 0 bridgehead atoms. The minimum Gasteiger partial charge on any atom is -0.298 e. The Bertz CT molecular complexity index is 517. The monoisotopic (exact) mass is 347 g/mol. The van der Waals surface area contributed by atoms with Crippen LogP contribution in [0.3, 0.4) is 0 Å². The third-order valence-corrected chi connectivity index (χ3v) is 7.24. The lowest BCUT2D eigenvalue weighted by Crippen LogP contribution is -2.61. The van der Waals surface area contributed by atoms with Gasteiger partial charge in [-0.1, -0.05) is 12.8 Å². The minimum absolute atomic E-state index is 0.809. The van der Waals surface area contributed by atoms with Gasteiger partial charge in [-0.3, -0.25) is 14.7 Å². The van der Waals surface area contributed by atoms with E-state index in [4.69, 9.17) is 0 Å². The number of thiophene rings is 1. The van der Waals surface area contributed by atoms with Crippen molar-refractivity contribution in [2.75, 3.05) is 32.7 Å². The third-order valence-electron chi connectivity index (χ3n) is 6.19. The summed E-state index contributed by atoms with van der Waals surface area (Å²) < 4.78 is 0. The molecule has 3 fully saturated rings. The molecule has 3 aliphatic rings. The Hall–Kier alpha value is -0.420. The summed E-state index contributed by atoms with van der Waals surface area (Å²) in [5.41, 5.74) is 0. The highest BCUT2D eigenvalue weighted by molar-refractivity contribution is 7.11. The average molecular weight is 348 g/mol. The Morgan fingerprint density at radius 3 is 2.25 bits per heavy atom. The molecule has 3 saturated heterocycles. The van der Waals surface area contributed by atoms with Gasteiger partial charge in [-0.05, 0) is 64.4 Å². The summed E-state index contributed by atoms with van der Waals surface area (Å²) in [6.07, 6.45) is 8.46. The van der Waals surface area contributed by atoms with E-state index in [9.17, 15) is 0 Å². The average Bonchev–Trinajstić information content (AvgIpc) is 3.00. The molecule has 0 N–H and O–H groups in total. The predicted octanol–water partition coefficient (Wildman–Crippen LogP) is 3.79. The van der Waals surface area contributed by atoms with Crippen molar-refractivity contribution in [3.63, 3.8) is 0 Å². The maximum atomic E-state index is 2.77. The fraction of sp³-hybridized carbons (Fsp3) is 0.800. The Morgan fingerprint density at radius 2 is 1.54 bits per heavy atom. The summed E-state index contributed by atoms with van der Waals surface area (Å²) in [6, 6.07) is 6.39. The predicted molar refractivity (Wildman–Crippen MR) is 103 cm³/mol. The number of piperidine rings is 2. The van der Waals surface area contributed by atoms with Crippen molar-refractivity contribution < 1.29 is 0 Å². The van der Waals surface area contributed by atoms with Crippen molar-refractivity contribution in [2.45, 2.75) is 70.6 Å². The zero-order chi connectivity index (χ0) is 16.4. The molecule has 1 atom stereocenters. The second-order valence-corrected chi connectivity index (χ2v) is 9.39.